The van der Waals surface area contributed by atoms with Crippen LogP contribution in [0.3, 0.4) is 0 Å². The Morgan fingerprint density at radius 1 is 1.29 bits per heavy atom. The number of carbonyl (C=O) groups is 1. The van der Waals surface area contributed by atoms with Crippen molar-refractivity contribution in [2.75, 3.05) is 19.6 Å². The fourth-order valence-corrected chi connectivity index (χ4v) is 3.54. The predicted molar refractivity (Wildman–Crippen MR) is 110 cm³/mol. The third kappa shape index (κ3) is 4.26. The zero-order chi connectivity index (χ0) is 18.6. The summed E-state index contributed by atoms with van der Waals surface area (Å²) in [4.78, 5) is 19.3. The number of hydrogen-bond acceptors (Lipinski definition) is 4. The van der Waals surface area contributed by atoms with Gasteiger partial charge in [0.1, 0.15) is 11.9 Å². The Labute approximate surface area is 170 Å². The molecule has 3 aromatic rings. The number of nitrogens with one attached hydrogen (secondary N) is 1. The first kappa shape index (κ1) is 20.1. The van der Waals surface area contributed by atoms with Crippen LogP contribution < -0.4 is 5.32 Å². The van der Waals surface area contributed by atoms with Crippen molar-refractivity contribution in [3.05, 3.63) is 66.5 Å². The molecule has 0 radical (unpaired) electrons. The van der Waals surface area contributed by atoms with Gasteiger partial charge in [0.25, 0.3) is 0 Å². The number of piperazine rings is 1. The van der Waals surface area contributed by atoms with Gasteiger partial charge in [-0.1, -0.05) is 18.2 Å². The topological polar surface area (TPSA) is 68.0 Å². The molecule has 3 heterocycles. The highest BCUT2D eigenvalue weighted by molar-refractivity contribution is 5.85. The molecule has 2 aromatic heterocycles. The summed E-state index contributed by atoms with van der Waals surface area (Å²) < 4.78 is 3.84. The average Bonchev–Trinajstić information content (AvgIpc) is 3.36. The zero-order valence-electron chi connectivity index (χ0n) is 15.9. The molecule has 0 spiro atoms. The summed E-state index contributed by atoms with van der Waals surface area (Å²) in [5.41, 5.74) is 2.09. The van der Waals surface area contributed by atoms with Crippen LogP contribution in [-0.4, -0.2) is 49.8 Å². The maximum Gasteiger partial charge on any atom is 0.223 e. The number of benzene rings is 1. The second-order valence-corrected chi connectivity index (χ2v) is 6.83. The molecule has 1 unspecified atom stereocenters. The summed E-state index contributed by atoms with van der Waals surface area (Å²) in [7, 11) is 1.97. The monoisotopic (exact) mass is 400 g/mol. The third-order valence-corrected chi connectivity index (χ3v) is 5.00. The van der Waals surface area contributed by atoms with Gasteiger partial charge in [0.15, 0.2) is 0 Å². The Morgan fingerprint density at radius 2 is 2.11 bits per heavy atom. The van der Waals surface area contributed by atoms with Crippen molar-refractivity contribution in [2.24, 2.45) is 7.05 Å². The van der Waals surface area contributed by atoms with E-state index < -0.39 is 0 Å². The van der Waals surface area contributed by atoms with Crippen molar-refractivity contribution >= 4 is 18.3 Å². The summed E-state index contributed by atoms with van der Waals surface area (Å²) >= 11 is 0. The quantitative estimate of drug-likeness (QED) is 0.712. The molecule has 1 aromatic carbocycles. The second-order valence-electron chi connectivity index (χ2n) is 6.83. The normalized spacial score (nSPS) is 16.6. The summed E-state index contributed by atoms with van der Waals surface area (Å²) in [5, 5.41) is 7.78. The molecule has 4 rings (SSSR count). The minimum absolute atomic E-state index is 0. The number of halogens is 1. The molecular weight excluding hydrogens is 376 g/mol. The molecule has 8 heteroatoms. The standard InChI is InChI=1S/C20H24N6O.ClH/c1-24-11-10-22-20(24)18-14-21-9-12-25(18)19(27)8-7-16-13-23-26(15-16)17-5-3-2-4-6-17;/h2-6,10-11,13,15,18,21H,7-9,12,14H2,1H3;1H. The number of hydrogen-bond donors (Lipinski definition) is 1. The smallest absolute Gasteiger partial charge is 0.223 e. The summed E-state index contributed by atoms with van der Waals surface area (Å²) in [5.74, 6) is 1.09. The Hall–Kier alpha value is -2.64. The van der Waals surface area contributed by atoms with E-state index in [1.54, 1.807) is 6.20 Å². The van der Waals surface area contributed by atoms with Crippen molar-refractivity contribution in [1.82, 2.24) is 29.5 Å². The summed E-state index contributed by atoms with van der Waals surface area (Å²) in [6.07, 6.45) is 8.70. The van der Waals surface area contributed by atoms with Gasteiger partial charge >= 0.3 is 0 Å². The number of carbonyl (C=O) groups excluding carboxylic acids is 1. The SMILES string of the molecule is Cl.Cn1ccnc1C1CNCCN1C(=O)CCc1cnn(-c2ccccc2)c1. The maximum atomic E-state index is 12.9. The van der Waals surface area contributed by atoms with Crippen LogP contribution in [0.4, 0.5) is 0 Å². The predicted octanol–water partition coefficient (Wildman–Crippen LogP) is 2.13. The van der Waals surface area contributed by atoms with Crippen LogP contribution in [0.5, 0.6) is 0 Å². The molecule has 0 aliphatic carbocycles. The first-order chi connectivity index (χ1) is 13.2. The van der Waals surface area contributed by atoms with E-state index in [-0.39, 0.29) is 24.4 Å². The average molecular weight is 401 g/mol. The van der Waals surface area contributed by atoms with Gasteiger partial charge in [0.2, 0.25) is 5.91 Å². The number of para-hydroxylation sites is 1. The number of nitrogens with zero attached hydrogens (tertiary/aromatic N) is 5. The molecule has 1 amide bonds. The highest BCUT2D eigenvalue weighted by atomic mass is 35.5. The molecule has 28 heavy (non-hydrogen) atoms. The second kappa shape index (κ2) is 9.03. The van der Waals surface area contributed by atoms with Gasteiger partial charge < -0.3 is 14.8 Å². The van der Waals surface area contributed by atoms with Crippen molar-refractivity contribution in [3.63, 3.8) is 0 Å². The Balaban J connectivity index is 0.00000225. The fourth-order valence-electron chi connectivity index (χ4n) is 3.54. The van der Waals surface area contributed by atoms with Gasteiger partial charge in [0.05, 0.1) is 11.9 Å². The van der Waals surface area contributed by atoms with Gasteiger partial charge in [-0.25, -0.2) is 9.67 Å². The van der Waals surface area contributed by atoms with Crippen molar-refractivity contribution in [2.45, 2.75) is 18.9 Å². The molecule has 1 aliphatic rings. The van der Waals surface area contributed by atoms with E-state index in [1.807, 2.05) is 70.1 Å². The summed E-state index contributed by atoms with van der Waals surface area (Å²) in [6.45, 7) is 2.26. The van der Waals surface area contributed by atoms with Gasteiger partial charge in [-0.2, -0.15) is 5.10 Å². The molecule has 0 bridgehead atoms. The largest absolute Gasteiger partial charge is 0.336 e. The van der Waals surface area contributed by atoms with Crippen molar-refractivity contribution < 1.29 is 4.79 Å². The number of aromatic nitrogens is 4. The lowest BCUT2D eigenvalue weighted by Gasteiger charge is -2.35. The minimum atomic E-state index is -0.0155. The van der Waals surface area contributed by atoms with Crippen LogP contribution >= 0.6 is 12.4 Å². The number of rotatable bonds is 5. The van der Waals surface area contributed by atoms with E-state index in [4.69, 9.17) is 0 Å². The Morgan fingerprint density at radius 3 is 2.86 bits per heavy atom. The Bertz CT molecular complexity index is 906. The van der Waals surface area contributed by atoms with Crippen LogP contribution in [0.15, 0.2) is 55.1 Å². The van der Waals surface area contributed by atoms with E-state index in [1.165, 1.54) is 0 Å². The van der Waals surface area contributed by atoms with Gasteiger partial charge in [-0.15, -0.1) is 12.4 Å². The van der Waals surface area contributed by atoms with Crippen molar-refractivity contribution in [1.29, 1.82) is 0 Å². The first-order valence-corrected chi connectivity index (χ1v) is 9.29. The minimum Gasteiger partial charge on any atom is -0.336 e. The molecular formula is C20H25ClN6O. The van der Waals surface area contributed by atoms with E-state index >= 15 is 0 Å². The van der Waals surface area contributed by atoms with Crippen LogP contribution in [0.2, 0.25) is 0 Å². The Kier molecular flexibility index (Phi) is 6.49. The third-order valence-electron chi connectivity index (χ3n) is 5.00. The fraction of sp³-hybridized carbons (Fsp3) is 0.350. The van der Waals surface area contributed by atoms with E-state index in [0.29, 0.717) is 19.4 Å². The van der Waals surface area contributed by atoms with E-state index in [2.05, 4.69) is 15.4 Å². The number of amides is 1. The lowest BCUT2D eigenvalue weighted by atomic mass is 10.1. The van der Waals surface area contributed by atoms with E-state index in [0.717, 1.165) is 30.2 Å². The molecule has 1 N–H and O–H groups in total. The molecule has 1 fully saturated rings. The van der Waals surface area contributed by atoms with Gasteiger partial charge in [-0.3, -0.25) is 4.79 Å². The maximum absolute atomic E-state index is 12.9. The molecule has 1 saturated heterocycles. The zero-order valence-corrected chi connectivity index (χ0v) is 16.7. The lowest BCUT2D eigenvalue weighted by molar-refractivity contribution is -0.134. The van der Waals surface area contributed by atoms with Crippen molar-refractivity contribution in [3.8, 4) is 5.69 Å². The number of imidazole rings is 1. The first-order valence-electron chi connectivity index (χ1n) is 9.29. The molecule has 148 valence electrons. The highest BCUT2D eigenvalue weighted by Gasteiger charge is 2.30. The van der Waals surface area contributed by atoms with Crippen LogP contribution in [0.1, 0.15) is 23.9 Å². The molecule has 1 atom stereocenters. The molecule has 1 aliphatic heterocycles. The van der Waals surface area contributed by atoms with Gasteiger partial charge in [-0.05, 0) is 24.1 Å². The highest BCUT2D eigenvalue weighted by Crippen LogP contribution is 2.22. The lowest BCUT2D eigenvalue weighted by Crippen LogP contribution is -2.49. The van der Waals surface area contributed by atoms with Crippen LogP contribution in [0.25, 0.3) is 5.69 Å². The molecule has 0 saturated carbocycles. The van der Waals surface area contributed by atoms with Crippen LogP contribution in [0, 0.1) is 0 Å². The van der Waals surface area contributed by atoms with E-state index in [9.17, 15) is 4.79 Å². The summed E-state index contributed by atoms with van der Waals surface area (Å²) in [6, 6.07) is 9.97. The molecule has 7 nitrogen and oxygen atoms in total. The van der Waals surface area contributed by atoms with Crippen LogP contribution in [-0.2, 0) is 18.3 Å². The van der Waals surface area contributed by atoms with Gasteiger partial charge in [0, 0.05) is 51.7 Å². The number of aryl methyl sites for hydroxylation is 2.